The first-order valence-corrected chi connectivity index (χ1v) is 8.40. The molecule has 0 aliphatic carbocycles. The Hall–Kier alpha value is -3.81. The van der Waals surface area contributed by atoms with Crippen LogP contribution in [0.25, 0.3) is 11.0 Å². The van der Waals surface area contributed by atoms with Gasteiger partial charge in [-0.25, -0.2) is 5.43 Å². The third kappa shape index (κ3) is 4.12. The van der Waals surface area contributed by atoms with E-state index < -0.39 is 11.8 Å². The van der Waals surface area contributed by atoms with Crippen molar-refractivity contribution < 1.29 is 23.5 Å². The van der Waals surface area contributed by atoms with Crippen LogP contribution >= 0.6 is 0 Å². The predicted molar refractivity (Wildman–Crippen MR) is 104 cm³/mol. The van der Waals surface area contributed by atoms with Crippen LogP contribution in [0.5, 0.6) is 11.5 Å². The van der Waals surface area contributed by atoms with Crippen molar-refractivity contribution in [2.24, 2.45) is 10.8 Å². The molecule has 0 aliphatic heterocycles. The Morgan fingerprint density at radius 1 is 1.21 bits per heavy atom. The fourth-order valence-electron chi connectivity index (χ4n) is 2.64. The second kappa shape index (κ2) is 8.26. The van der Waals surface area contributed by atoms with Crippen molar-refractivity contribution in [2.45, 2.75) is 6.92 Å². The topological polar surface area (TPSA) is 116 Å². The molecule has 0 unspecified atom stereocenters. The molecule has 28 heavy (non-hydrogen) atoms. The number of hydrogen-bond acceptors (Lipinski definition) is 6. The first-order chi connectivity index (χ1) is 13.5. The number of rotatable bonds is 7. The van der Waals surface area contributed by atoms with Crippen molar-refractivity contribution in [1.82, 2.24) is 5.43 Å². The first kappa shape index (κ1) is 19.0. The Labute approximate surface area is 160 Å². The molecule has 144 valence electrons. The molecule has 3 aromatic rings. The number of furan rings is 1. The van der Waals surface area contributed by atoms with E-state index in [4.69, 9.17) is 19.6 Å². The first-order valence-electron chi connectivity index (χ1n) is 8.40. The van der Waals surface area contributed by atoms with Gasteiger partial charge in [-0.1, -0.05) is 18.2 Å². The summed E-state index contributed by atoms with van der Waals surface area (Å²) in [6.07, 6.45) is 1.45. The minimum absolute atomic E-state index is 0.214. The van der Waals surface area contributed by atoms with E-state index in [2.05, 4.69) is 10.5 Å². The number of methoxy groups -OCH3 is 1. The number of nitrogens with two attached hydrogens (primary N) is 1. The molecule has 2 amide bonds. The van der Waals surface area contributed by atoms with Crippen LogP contribution < -0.4 is 20.6 Å². The molecule has 1 heterocycles. The number of ether oxygens (including phenoxy) is 2. The average molecular weight is 381 g/mol. The highest BCUT2D eigenvalue weighted by Crippen LogP contribution is 2.27. The number of fused-ring (bicyclic) bond motifs is 1. The summed E-state index contributed by atoms with van der Waals surface area (Å²) in [7, 11) is 1.47. The summed E-state index contributed by atoms with van der Waals surface area (Å²) in [5.74, 6) is -0.0363. The molecule has 8 nitrogen and oxygen atoms in total. The van der Waals surface area contributed by atoms with Crippen molar-refractivity contribution in [3.8, 4) is 11.5 Å². The van der Waals surface area contributed by atoms with Gasteiger partial charge in [0.15, 0.2) is 23.9 Å². The summed E-state index contributed by atoms with van der Waals surface area (Å²) in [5.41, 5.74) is 9.56. The molecule has 0 bridgehead atoms. The monoisotopic (exact) mass is 381 g/mol. The third-order valence-electron chi connectivity index (χ3n) is 3.99. The summed E-state index contributed by atoms with van der Waals surface area (Å²) in [5, 5.41) is 4.84. The highest BCUT2D eigenvalue weighted by atomic mass is 16.5. The average Bonchev–Trinajstić information content (AvgIpc) is 3.03. The molecule has 3 N–H and O–H groups in total. The number of benzene rings is 2. The van der Waals surface area contributed by atoms with Crippen LogP contribution in [-0.4, -0.2) is 31.7 Å². The van der Waals surface area contributed by atoms with E-state index in [0.29, 0.717) is 22.6 Å². The summed E-state index contributed by atoms with van der Waals surface area (Å²) in [4.78, 5) is 23.2. The summed E-state index contributed by atoms with van der Waals surface area (Å²) >= 11 is 0. The van der Waals surface area contributed by atoms with Crippen LogP contribution in [0.3, 0.4) is 0 Å². The van der Waals surface area contributed by atoms with E-state index in [1.54, 1.807) is 24.3 Å². The van der Waals surface area contributed by atoms with E-state index in [1.807, 2.05) is 25.1 Å². The lowest BCUT2D eigenvalue weighted by Gasteiger charge is -2.09. The lowest BCUT2D eigenvalue weighted by atomic mass is 10.1. The van der Waals surface area contributed by atoms with Gasteiger partial charge in [0.25, 0.3) is 5.91 Å². The molecule has 0 fully saturated rings. The maximum absolute atomic E-state index is 12.3. The maximum Gasteiger partial charge on any atom is 0.307 e. The number of aryl methyl sites for hydroxylation is 1. The molecular weight excluding hydrogens is 362 g/mol. The van der Waals surface area contributed by atoms with Gasteiger partial charge in [-0.15, -0.1) is 0 Å². The number of amides is 2. The number of carbonyl (C=O) groups excluding carboxylic acids is 2. The van der Waals surface area contributed by atoms with Gasteiger partial charge in [-0.3, -0.25) is 9.59 Å². The molecule has 2 aromatic carbocycles. The number of carbonyl (C=O) groups is 2. The predicted octanol–water partition coefficient (Wildman–Crippen LogP) is 2.38. The highest BCUT2D eigenvalue weighted by molar-refractivity contribution is 5.99. The largest absolute Gasteiger partial charge is 0.493 e. The van der Waals surface area contributed by atoms with E-state index in [0.717, 1.165) is 10.9 Å². The Bertz CT molecular complexity index is 1060. The van der Waals surface area contributed by atoms with Crippen molar-refractivity contribution in [3.63, 3.8) is 0 Å². The smallest absolute Gasteiger partial charge is 0.307 e. The van der Waals surface area contributed by atoms with Gasteiger partial charge >= 0.3 is 5.91 Å². The second-order valence-corrected chi connectivity index (χ2v) is 5.92. The third-order valence-corrected chi connectivity index (χ3v) is 3.99. The van der Waals surface area contributed by atoms with Crippen LogP contribution in [0.15, 0.2) is 52.0 Å². The van der Waals surface area contributed by atoms with Crippen LogP contribution in [0.1, 0.15) is 21.7 Å². The van der Waals surface area contributed by atoms with Gasteiger partial charge in [-0.2, -0.15) is 5.10 Å². The van der Waals surface area contributed by atoms with Gasteiger partial charge in [0.05, 0.1) is 13.3 Å². The fraction of sp³-hybridized carbons (Fsp3) is 0.150. The highest BCUT2D eigenvalue weighted by Gasteiger charge is 2.16. The zero-order chi connectivity index (χ0) is 20.1. The van der Waals surface area contributed by atoms with Crippen molar-refractivity contribution in [2.75, 3.05) is 13.7 Å². The standard InChI is InChI=1S/C20H19N3O5/c1-12-14-5-3-4-6-15(14)28-19(12)20(25)23-22-10-13-7-8-16(17(9-13)26-2)27-11-18(21)24/h3-10H,11H2,1-2H3,(H2,21,24)(H,23,25)/b22-10-. The maximum atomic E-state index is 12.3. The van der Waals surface area contributed by atoms with E-state index in [9.17, 15) is 9.59 Å². The molecule has 0 radical (unpaired) electrons. The normalized spacial score (nSPS) is 10.9. The SMILES string of the molecule is COc1cc(/C=N\NC(=O)c2oc3ccccc3c2C)ccc1OCC(N)=O. The number of primary amides is 1. The summed E-state index contributed by atoms with van der Waals surface area (Å²) < 4.78 is 16.1. The lowest BCUT2D eigenvalue weighted by Crippen LogP contribution is -2.20. The number of hydrogen-bond donors (Lipinski definition) is 2. The summed E-state index contributed by atoms with van der Waals surface area (Å²) in [6, 6.07) is 12.4. The number of hydrazone groups is 1. The van der Waals surface area contributed by atoms with Gasteiger partial charge in [0, 0.05) is 10.9 Å². The van der Waals surface area contributed by atoms with Crippen molar-refractivity contribution in [1.29, 1.82) is 0 Å². The van der Waals surface area contributed by atoms with Gasteiger partial charge in [0.1, 0.15) is 5.58 Å². The minimum Gasteiger partial charge on any atom is -0.493 e. The molecule has 1 aromatic heterocycles. The van der Waals surface area contributed by atoms with Crippen molar-refractivity contribution >= 4 is 29.0 Å². The Morgan fingerprint density at radius 2 is 2.00 bits per heavy atom. The van der Waals surface area contributed by atoms with Crippen LogP contribution in [0, 0.1) is 6.92 Å². The number of nitrogens with one attached hydrogen (secondary N) is 1. The Morgan fingerprint density at radius 3 is 2.71 bits per heavy atom. The summed E-state index contributed by atoms with van der Waals surface area (Å²) in [6.45, 7) is 1.57. The van der Waals surface area contributed by atoms with Crippen LogP contribution in [-0.2, 0) is 4.79 Å². The van der Waals surface area contributed by atoms with Crippen molar-refractivity contribution in [3.05, 3.63) is 59.4 Å². The number of para-hydroxylation sites is 1. The van der Waals surface area contributed by atoms with Gasteiger partial charge in [0.2, 0.25) is 0 Å². The molecule has 3 rings (SSSR count). The zero-order valence-corrected chi connectivity index (χ0v) is 15.4. The molecule has 0 saturated heterocycles. The molecular formula is C20H19N3O5. The Kier molecular flexibility index (Phi) is 5.59. The van der Waals surface area contributed by atoms with E-state index in [-0.39, 0.29) is 12.4 Å². The second-order valence-electron chi connectivity index (χ2n) is 5.92. The van der Waals surface area contributed by atoms with E-state index in [1.165, 1.54) is 13.3 Å². The lowest BCUT2D eigenvalue weighted by molar-refractivity contribution is -0.119. The molecule has 8 heteroatoms. The van der Waals surface area contributed by atoms with Gasteiger partial charge < -0.3 is 19.6 Å². The molecule has 0 spiro atoms. The fourth-order valence-corrected chi connectivity index (χ4v) is 2.64. The zero-order valence-electron chi connectivity index (χ0n) is 15.4. The molecule has 0 atom stereocenters. The van der Waals surface area contributed by atoms with E-state index >= 15 is 0 Å². The Balaban J connectivity index is 1.70. The quantitative estimate of drug-likeness (QED) is 0.481. The van der Waals surface area contributed by atoms with Crippen LogP contribution in [0.2, 0.25) is 0 Å². The van der Waals surface area contributed by atoms with Gasteiger partial charge in [-0.05, 0) is 36.8 Å². The molecule has 0 saturated carbocycles. The molecule has 0 aliphatic rings. The minimum atomic E-state index is -0.587. The number of nitrogens with zero attached hydrogens (tertiary/aromatic N) is 1. The van der Waals surface area contributed by atoms with Crippen LogP contribution in [0.4, 0.5) is 0 Å².